The van der Waals surface area contributed by atoms with Gasteiger partial charge in [-0.2, -0.15) is 0 Å². The molecule has 8 rings (SSSR count). The van der Waals surface area contributed by atoms with E-state index in [1.165, 1.54) is 44.2 Å². The minimum Gasteiger partial charge on any atom is -0.508 e. The Labute approximate surface area is 350 Å². The van der Waals surface area contributed by atoms with Gasteiger partial charge in [-0.1, -0.05) is 49.6 Å². The van der Waals surface area contributed by atoms with E-state index in [1.807, 2.05) is 80.6 Å². The highest BCUT2D eigenvalue weighted by atomic mass is 16.6. The molecule has 5 aromatic rings. The van der Waals surface area contributed by atoms with E-state index in [0.717, 1.165) is 57.4 Å². The number of aromatic nitrogens is 1. The van der Waals surface area contributed by atoms with Crippen LogP contribution in [0.5, 0.6) is 34.5 Å². The van der Waals surface area contributed by atoms with Crippen LogP contribution in [-0.2, 0) is 29.0 Å². The number of hydrogen-bond donors (Lipinski definition) is 3. The van der Waals surface area contributed by atoms with Gasteiger partial charge in [0.2, 0.25) is 5.91 Å². The molecule has 4 aromatic carbocycles. The molecular weight excluding hydrogens is 763 g/mol. The van der Waals surface area contributed by atoms with Gasteiger partial charge < -0.3 is 39.4 Å². The van der Waals surface area contributed by atoms with Crippen molar-refractivity contribution in [3.05, 3.63) is 136 Å². The lowest BCUT2D eigenvalue weighted by molar-refractivity contribution is -0.126. The molecule has 0 bridgehead atoms. The van der Waals surface area contributed by atoms with Crippen molar-refractivity contribution in [2.24, 2.45) is 5.92 Å². The van der Waals surface area contributed by atoms with Gasteiger partial charge in [0.25, 0.3) is 12.4 Å². The van der Waals surface area contributed by atoms with Crippen molar-refractivity contribution in [1.82, 2.24) is 15.2 Å². The fourth-order valence-corrected chi connectivity index (χ4v) is 7.94. The molecule has 12 heteroatoms. The second-order valence-electron chi connectivity index (χ2n) is 15.5. The van der Waals surface area contributed by atoms with Gasteiger partial charge in [0, 0.05) is 42.5 Å². The van der Waals surface area contributed by atoms with E-state index in [1.54, 1.807) is 23.2 Å². The summed E-state index contributed by atoms with van der Waals surface area (Å²) in [7, 11) is 0. The molecule has 12 nitrogen and oxygen atoms in total. The molecule has 1 aliphatic carbocycles. The number of rotatable bonds is 11. The summed E-state index contributed by atoms with van der Waals surface area (Å²) in [4.78, 5) is 42.2. The van der Waals surface area contributed by atoms with Crippen LogP contribution in [0.2, 0.25) is 0 Å². The number of nitrogens with zero attached hydrogens (tertiary/aromatic N) is 2. The van der Waals surface area contributed by atoms with Crippen LogP contribution in [0.25, 0.3) is 0 Å². The van der Waals surface area contributed by atoms with Gasteiger partial charge in [0.1, 0.15) is 35.6 Å². The molecule has 1 saturated carbocycles. The third kappa shape index (κ3) is 10.2. The average molecular weight is 814 g/mol. The molecule has 2 amide bonds. The molecule has 3 N–H and O–H groups in total. The zero-order valence-corrected chi connectivity index (χ0v) is 34.0. The number of amides is 2. The SMILES string of the molecule is Cc1nccc(Oc2ccc(CCNC(=O)C3Cc4cc5c(cc4CN3C(=O)c3cccc(O)c3)OC(c3ccc(OCC4CCCCC4)cc3)CO5)cc2)c1C.O=CO. The Bertz CT molecular complexity index is 2270. The van der Waals surface area contributed by atoms with E-state index < -0.39 is 6.04 Å². The molecule has 2 atom stereocenters. The molecule has 312 valence electrons. The third-order valence-corrected chi connectivity index (χ3v) is 11.4. The van der Waals surface area contributed by atoms with Crippen LogP contribution in [0.15, 0.2) is 97.2 Å². The molecular formula is C48H51N3O9. The van der Waals surface area contributed by atoms with Gasteiger partial charge >= 0.3 is 0 Å². The largest absolute Gasteiger partial charge is 0.508 e. The van der Waals surface area contributed by atoms with Gasteiger partial charge in [-0.15, -0.1) is 0 Å². The normalized spacial score (nSPS) is 17.0. The number of carbonyl (C=O) groups excluding carboxylic acids is 2. The van der Waals surface area contributed by atoms with Crippen molar-refractivity contribution in [2.75, 3.05) is 19.8 Å². The van der Waals surface area contributed by atoms with Crippen LogP contribution in [-0.4, -0.2) is 64.2 Å². The number of aryl methyl sites for hydroxylation is 1. The number of carbonyl (C=O) groups is 3. The Balaban J connectivity index is 0.00000176. The number of pyridine rings is 1. The third-order valence-electron chi connectivity index (χ3n) is 11.4. The fourth-order valence-electron chi connectivity index (χ4n) is 7.94. The van der Waals surface area contributed by atoms with Crippen LogP contribution >= 0.6 is 0 Å². The Hall–Kier alpha value is -6.56. The average Bonchev–Trinajstić information content (AvgIpc) is 3.27. The highest BCUT2D eigenvalue weighted by molar-refractivity contribution is 5.98. The van der Waals surface area contributed by atoms with E-state index in [-0.39, 0.29) is 36.7 Å². The van der Waals surface area contributed by atoms with Gasteiger partial charge in [-0.25, -0.2) is 0 Å². The number of benzene rings is 4. The molecule has 3 heterocycles. The van der Waals surface area contributed by atoms with Crippen LogP contribution in [0, 0.1) is 19.8 Å². The smallest absolute Gasteiger partial charge is 0.290 e. The number of nitrogens with one attached hydrogen (secondary N) is 1. The zero-order chi connectivity index (χ0) is 42.0. The lowest BCUT2D eigenvalue weighted by Gasteiger charge is -2.37. The van der Waals surface area contributed by atoms with E-state index in [2.05, 4.69) is 10.3 Å². The van der Waals surface area contributed by atoms with Crippen LogP contribution in [0.4, 0.5) is 0 Å². The molecule has 1 fully saturated rings. The van der Waals surface area contributed by atoms with Crippen LogP contribution in [0.1, 0.15) is 82.1 Å². The summed E-state index contributed by atoms with van der Waals surface area (Å²) in [5, 5.41) is 20.1. The monoisotopic (exact) mass is 813 g/mol. The minimum absolute atomic E-state index is 0.0174. The number of ether oxygens (including phenoxy) is 4. The van der Waals surface area contributed by atoms with Crippen molar-refractivity contribution in [3.8, 4) is 34.5 Å². The quantitative estimate of drug-likeness (QED) is 0.111. The molecule has 1 aromatic heterocycles. The Morgan fingerprint density at radius 1 is 0.917 bits per heavy atom. The van der Waals surface area contributed by atoms with Crippen molar-refractivity contribution < 1.29 is 43.5 Å². The summed E-state index contributed by atoms with van der Waals surface area (Å²) in [6.07, 6.45) is 8.72. The predicted molar refractivity (Wildman–Crippen MR) is 225 cm³/mol. The zero-order valence-electron chi connectivity index (χ0n) is 34.0. The number of fused-ring (bicyclic) bond motifs is 2. The maximum absolute atomic E-state index is 14.0. The Morgan fingerprint density at radius 3 is 2.40 bits per heavy atom. The molecule has 0 saturated heterocycles. The first-order valence-corrected chi connectivity index (χ1v) is 20.5. The first-order chi connectivity index (χ1) is 29.2. The number of aromatic hydroxyl groups is 1. The Kier molecular flexibility index (Phi) is 13.5. The number of phenols is 1. The van der Waals surface area contributed by atoms with Gasteiger partial charge in [-0.3, -0.25) is 19.4 Å². The second-order valence-corrected chi connectivity index (χ2v) is 15.5. The van der Waals surface area contributed by atoms with E-state index in [4.69, 9.17) is 28.8 Å². The first kappa shape index (κ1) is 41.6. The van der Waals surface area contributed by atoms with Gasteiger partial charge in [-0.05, 0) is 122 Å². The molecule has 2 unspecified atom stereocenters. The predicted octanol–water partition coefficient (Wildman–Crippen LogP) is 8.29. The van der Waals surface area contributed by atoms with Crippen molar-refractivity contribution in [2.45, 2.75) is 77.5 Å². The summed E-state index contributed by atoms with van der Waals surface area (Å²) in [5.41, 5.74) is 6.04. The summed E-state index contributed by atoms with van der Waals surface area (Å²) in [6.45, 7) is 5.36. The van der Waals surface area contributed by atoms with Crippen LogP contribution < -0.4 is 24.3 Å². The molecule has 3 aliphatic rings. The molecule has 60 heavy (non-hydrogen) atoms. The second kappa shape index (κ2) is 19.5. The van der Waals surface area contributed by atoms with Crippen molar-refractivity contribution in [3.63, 3.8) is 0 Å². The number of phenolic OH excluding ortho intramolecular Hbond substituents is 1. The highest BCUT2D eigenvalue weighted by Crippen LogP contribution is 2.41. The summed E-state index contributed by atoms with van der Waals surface area (Å²) < 4.78 is 24.9. The van der Waals surface area contributed by atoms with E-state index in [9.17, 15) is 14.7 Å². The lowest BCUT2D eigenvalue weighted by atomic mass is 9.90. The lowest BCUT2D eigenvalue weighted by Crippen LogP contribution is -2.52. The Morgan fingerprint density at radius 2 is 1.65 bits per heavy atom. The molecule has 2 aliphatic heterocycles. The highest BCUT2D eigenvalue weighted by Gasteiger charge is 2.37. The standard InChI is InChI=1S/C47H49N3O7.CH2O2/c1-30-31(2)48-22-20-42(30)56-40-15-11-32(12-16-40)19-21-49-46(52)41-24-36-25-43-44(26-37(36)27-50(41)47(53)35-9-6-10-38(51)23-35)57-45(29-55-43)34-13-17-39(18-14-34)54-28-33-7-4-3-5-8-33;2-1-3/h6,9-18,20,22-23,25-26,33,41,45,51H,3-5,7-8,19,21,24,27-29H2,1-2H3,(H,49,52);1H,(H,2,3). The summed E-state index contributed by atoms with van der Waals surface area (Å²) in [6, 6.07) is 27.0. The maximum atomic E-state index is 14.0. The molecule has 0 radical (unpaired) electrons. The van der Waals surface area contributed by atoms with Crippen LogP contribution in [0.3, 0.4) is 0 Å². The maximum Gasteiger partial charge on any atom is 0.290 e. The van der Waals surface area contributed by atoms with E-state index >= 15 is 0 Å². The fraction of sp³-hybridized carbons (Fsp3) is 0.333. The topological polar surface area (TPSA) is 157 Å². The van der Waals surface area contributed by atoms with E-state index in [0.29, 0.717) is 49.0 Å². The van der Waals surface area contributed by atoms with Crippen molar-refractivity contribution >= 4 is 18.3 Å². The van der Waals surface area contributed by atoms with Crippen molar-refractivity contribution in [1.29, 1.82) is 0 Å². The minimum atomic E-state index is -0.774. The molecule has 0 spiro atoms. The first-order valence-electron chi connectivity index (χ1n) is 20.5. The van der Waals surface area contributed by atoms with Gasteiger partial charge in [0.05, 0.1) is 6.61 Å². The number of hydrogen-bond acceptors (Lipinski definition) is 9. The summed E-state index contributed by atoms with van der Waals surface area (Å²) >= 11 is 0. The number of carboxylic acid groups (broad SMARTS) is 1. The summed E-state index contributed by atoms with van der Waals surface area (Å²) in [5.74, 6) is 3.58. The van der Waals surface area contributed by atoms with Gasteiger partial charge in [0.15, 0.2) is 17.6 Å².